The van der Waals surface area contributed by atoms with Crippen molar-refractivity contribution >= 4 is 17.9 Å². The third kappa shape index (κ3) is 21.8. The number of hydrogen-bond donors (Lipinski definition) is 3. The van der Waals surface area contributed by atoms with Crippen molar-refractivity contribution in [3.05, 3.63) is 35.4 Å². The van der Waals surface area contributed by atoms with Crippen molar-refractivity contribution in [2.45, 2.75) is 72.0 Å². The van der Waals surface area contributed by atoms with E-state index < -0.39 is 18.0 Å². The minimum atomic E-state index is -0.833. The van der Waals surface area contributed by atoms with Crippen LogP contribution in [0, 0.1) is 6.92 Å². The molecule has 0 amide bonds. The first-order valence-electron chi connectivity index (χ1n) is 9.82. The zero-order chi connectivity index (χ0) is 23.5. The fourth-order valence-corrected chi connectivity index (χ4v) is 2.31. The Hall–Kier alpha value is -2.45. The van der Waals surface area contributed by atoms with Gasteiger partial charge in [-0.15, -0.1) is 0 Å². The largest absolute Gasteiger partial charge is 0.481 e. The molecule has 1 rings (SSSR count). The molecule has 1 aromatic carbocycles. The first-order chi connectivity index (χ1) is 14.0. The molecule has 2 unspecified atom stereocenters. The summed E-state index contributed by atoms with van der Waals surface area (Å²) in [6, 6.07) is 8.33. The Balaban J connectivity index is 0. The Bertz CT molecular complexity index is 578. The SMILES string of the molecule is CC(=O)O.CC(=O)O.CCCC(O)CC(=O)OC(CCc1ccc(C)cc1)COC. The van der Waals surface area contributed by atoms with Gasteiger partial charge in [0, 0.05) is 21.0 Å². The number of esters is 1. The van der Waals surface area contributed by atoms with E-state index in [1.54, 1.807) is 7.11 Å². The van der Waals surface area contributed by atoms with E-state index in [0.717, 1.165) is 26.7 Å². The Morgan fingerprint density at radius 2 is 1.50 bits per heavy atom. The number of carboxylic acid groups (broad SMARTS) is 2. The van der Waals surface area contributed by atoms with E-state index in [0.29, 0.717) is 19.4 Å². The second kappa shape index (κ2) is 18.6. The molecule has 172 valence electrons. The highest BCUT2D eigenvalue weighted by atomic mass is 16.6. The zero-order valence-corrected chi connectivity index (χ0v) is 18.6. The lowest BCUT2D eigenvalue weighted by Crippen LogP contribution is -2.26. The number of methoxy groups -OCH3 is 1. The van der Waals surface area contributed by atoms with Crippen molar-refractivity contribution in [1.82, 2.24) is 0 Å². The lowest BCUT2D eigenvalue weighted by molar-refractivity contribution is -0.154. The summed E-state index contributed by atoms with van der Waals surface area (Å²) in [5.41, 5.74) is 2.45. The molecule has 0 aliphatic heterocycles. The van der Waals surface area contributed by atoms with Gasteiger partial charge < -0.3 is 24.8 Å². The monoisotopic (exact) mass is 428 g/mol. The summed E-state index contributed by atoms with van der Waals surface area (Å²) >= 11 is 0. The third-order valence-corrected chi connectivity index (χ3v) is 3.55. The molecule has 0 fully saturated rings. The maximum atomic E-state index is 11.8. The molecule has 0 heterocycles. The molecular weight excluding hydrogens is 392 g/mol. The minimum Gasteiger partial charge on any atom is -0.481 e. The van der Waals surface area contributed by atoms with Gasteiger partial charge >= 0.3 is 5.97 Å². The van der Waals surface area contributed by atoms with Crippen molar-refractivity contribution in [2.24, 2.45) is 0 Å². The van der Waals surface area contributed by atoms with Gasteiger partial charge in [0.15, 0.2) is 0 Å². The molecular formula is C22H36O8. The zero-order valence-electron chi connectivity index (χ0n) is 18.6. The van der Waals surface area contributed by atoms with Crippen LogP contribution in [0.25, 0.3) is 0 Å². The van der Waals surface area contributed by atoms with Crippen LogP contribution < -0.4 is 0 Å². The van der Waals surface area contributed by atoms with Crippen LogP contribution in [0.15, 0.2) is 24.3 Å². The number of carbonyl (C=O) groups excluding carboxylic acids is 1. The predicted molar refractivity (Wildman–Crippen MR) is 113 cm³/mol. The fourth-order valence-electron chi connectivity index (χ4n) is 2.31. The lowest BCUT2D eigenvalue weighted by atomic mass is 10.1. The van der Waals surface area contributed by atoms with E-state index in [2.05, 4.69) is 31.2 Å². The maximum Gasteiger partial charge on any atom is 0.308 e. The van der Waals surface area contributed by atoms with Gasteiger partial charge in [-0.3, -0.25) is 14.4 Å². The normalized spacial score (nSPS) is 11.7. The molecule has 0 saturated carbocycles. The maximum absolute atomic E-state index is 11.8. The van der Waals surface area contributed by atoms with Crippen LogP contribution >= 0.6 is 0 Å². The van der Waals surface area contributed by atoms with Gasteiger partial charge in [-0.2, -0.15) is 0 Å². The topological polar surface area (TPSA) is 130 Å². The van der Waals surface area contributed by atoms with Crippen LogP contribution in [0.2, 0.25) is 0 Å². The van der Waals surface area contributed by atoms with Crippen LogP contribution in [-0.2, 0) is 30.3 Å². The molecule has 0 radical (unpaired) electrons. The van der Waals surface area contributed by atoms with Crippen molar-refractivity contribution in [1.29, 1.82) is 0 Å². The van der Waals surface area contributed by atoms with Gasteiger partial charge in [0.25, 0.3) is 11.9 Å². The molecule has 0 aliphatic carbocycles. The van der Waals surface area contributed by atoms with Crippen LogP contribution in [0.5, 0.6) is 0 Å². The van der Waals surface area contributed by atoms with Gasteiger partial charge in [0.1, 0.15) is 6.10 Å². The minimum absolute atomic E-state index is 0.0542. The van der Waals surface area contributed by atoms with E-state index in [1.165, 1.54) is 11.1 Å². The molecule has 2 atom stereocenters. The number of carbonyl (C=O) groups is 3. The van der Waals surface area contributed by atoms with E-state index in [-0.39, 0.29) is 18.5 Å². The highest BCUT2D eigenvalue weighted by Crippen LogP contribution is 2.11. The molecule has 3 N–H and O–H groups in total. The predicted octanol–water partition coefficient (Wildman–Crippen LogP) is 3.22. The number of aliphatic hydroxyl groups excluding tert-OH is 1. The molecule has 8 nitrogen and oxygen atoms in total. The first kappa shape index (κ1) is 29.7. The average molecular weight is 429 g/mol. The van der Waals surface area contributed by atoms with Crippen LogP contribution in [0.1, 0.15) is 57.6 Å². The number of rotatable bonds is 10. The summed E-state index contributed by atoms with van der Waals surface area (Å²) in [5.74, 6) is -2.02. The fraction of sp³-hybridized carbons (Fsp3) is 0.591. The number of carboxylic acids is 2. The van der Waals surface area contributed by atoms with E-state index >= 15 is 0 Å². The summed E-state index contributed by atoms with van der Waals surface area (Å²) in [5, 5.41) is 24.5. The Morgan fingerprint density at radius 3 is 1.93 bits per heavy atom. The molecule has 1 aromatic rings. The van der Waals surface area contributed by atoms with Gasteiger partial charge in [0.2, 0.25) is 0 Å². The van der Waals surface area contributed by atoms with Gasteiger partial charge in [0.05, 0.1) is 19.1 Å². The molecule has 0 aromatic heterocycles. The molecule has 0 spiro atoms. The van der Waals surface area contributed by atoms with Crippen molar-refractivity contribution < 1.29 is 39.2 Å². The summed E-state index contributed by atoms with van der Waals surface area (Å²) in [4.78, 5) is 29.8. The Kier molecular flexibility index (Phi) is 18.4. The molecule has 30 heavy (non-hydrogen) atoms. The van der Waals surface area contributed by atoms with Crippen LogP contribution in [0.3, 0.4) is 0 Å². The van der Waals surface area contributed by atoms with Gasteiger partial charge in [-0.1, -0.05) is 43.2 Å². The number of aryl methyl sites for hydroxylation is 2. The standard InChI is InChI=1S/C18H28O4.2C2H4O2/c1-4-5-16(19)12-18(20)22-17(13-21-3)11-10-15-8-6-14(2)7-9-15;2*1-2(3)4/h6-9,16-17,19H,4-5,10-13H2,1-3H3;2*1H3,(H,3,4). The molecule has 8 heteroatoms. The second-order valence-electron chi connectivity index (χ2n) is 6.78. The highest BCUT2D eigenvalue weighted by molar-refractivity contribution is 5.70. The highest BCUT2D eigenvalue weighted by Gasteiger charge is 2.17. The summed E-state index contributed by atoms with van der Waals surface area (Å²) < 4.78 is 10.6. The van der Waals surface area contributed by atoms with Crippen LogP contribution in [-0.4, -0.2) is 59.2 Å². The van der Waals surface area contributed by atoms with Crippen LogP contribution in [0.4, 0.5) is 0 Å². The van der Waals surface area contributed by atoms with Gasteiger partial charge in [-0.25, -0.2) is 0 Å². The van der Waals surface area contributed by atoms with E-state index in [9.17, 15) is 9.90 Å². The Labute approximate surface area is 178 Å². The first-order valence-corrected chi connectivity index (χ1v) is 9.82. The third-order valence-electron chi connectivity index (χ3n) is 3.55. The lowest BCUT2D eigenvalue weighted by Gasteiger charge is -2.18. The van der Waals surface area contributed by atoms with Crippen molar-refractivity contribution in [3.8, 4) is 0 Å². The summed E-state index contributed by atoms with van der Waals surface area (Å²) in [6.45, 7) is 6.58. The molecule has 0 bridgehead atoms. The summed E-state index contributed by atoms with van der Waals surface area (Å²) in [6.07, 6.45) is 2.19. The number of hydrogen-bond acceptors (Lipinski definition) is 6. The number of benzene rings is 1. The Morgan fingerprint density at radius 1 is 1.00 bits per heavy atom. The van der Waals surface area contributed by atoms with Gasteiger partial charge in [-0.05, 0) is 31.7 Å². The van der Waals surface area contributed by atoms with Crippen molar-refractivity contribution in [3.63, 3.8) is 0 Å². The smallest absolute Gasteiger partial charge is 0.308 e. The quantitative estimate of drug-likeness (QED) is 0.484. The summed E-state index contributed by atoms with van der Waals surface area (Å²) in [7, 11) is 1.60. The number of aliphatic carboxylic acids is 2. The average Bonchev–Trinajstić information content (AvgIpc) is 2.60. The number of aliphatic hydroxyl groups is 1. The van der Waals surface area contributed by atoms with E-state index in [4.69, 9.17) is 29.3 Å². The molecule has 0 aliphatic rings. The van der Waals surface area contributed by atoms with E-state index in [1.807, 2.05) is 6.92 Å². The molecule has 0 saturated heterocycles. The number of ether oxygens (including phenoxy) is 2. The van der Waals surface area contributed by atoms with Crippen molar-refractivity contribution in [2.75, 3.05) is 13.7 Å². The second-order valence-corrected chi connectivity index (χ2v) is 6.78.